The number of aromatic hydroxyl groups is 2. The average Bonchev–Trinajstić information content (AvgIpc) is 2.48. The molecule has 4 nitrogen and oxygen atoms in total. The van der Waals surface area contributed by atoms with Gasteiger partial charge in [0.1, 0.15) is 0 Å². The first-order valence-corrected chi connectivity index (χ1v) is 6.94. The molecule has 21 heavy (non-hydrogen) atoms. The number of hydrogen-bond acceptors (Lipinski definition) is 3. The number of para-hydroxylation sites is 2. The van der Waals surface area contributed by atoms with E-state index in [0.29, 0.717) is 24.2 Å². The molecule has 2 aromatic rings. The third-order valence-corrected chi connectivity index (χ3v) is 3.18. The van der Waals surface area contributed by atoms with Crippen LogP contribution in [-0.2, 0) is 16.0 Å². The topological polar surface area (TPSA) is 57.6 Å². The summed E-state index contributed by atoms with van der Waals surface area (Å²) in [5.74, 6) is 0.428. The van der Waals surface area contributed by atoms with Gasteiger partial charge in [-0.2, -0.15) is 0 Å². The fourth-order valence-corrected chi connectivity index (χ4v) is 1.96. The molecular weight excluding hydrogens is 311 g/mol. The van der Waals surface area contributed by atoms with E-state index in [1.165, 1.54) is 0 Å². The van der Waals surface area contributed by atoms with Gasteiger partial charge in [0.15, 0.2) is 0 Å². The number of phenolic OH excluding ortho intramolecular Hbond substituents is 2. The molecule has 0 amide bonds. The van der Waals surface area contributed by atoms with Crippen molar-refractivity contribution in [2.24, 2.45) is 0 Å². The number of rotatable bonds is 5. The van der Waals surface area contributed by atoms with E-state index in [2.05, 4.69) is 20.9 Å². The van der Waals surface area contributed by atoms with Crippen LogP contribution in [0.2, 0.25) is 0 Å². The second-order valence-electron chi connectivity index (χ2n) is 4.38. The van der Waals surface area contributed by atoms with E-state index in [9.17, 15) is 10.2 Å². The van der Waals surface area contributed by atoms with Crippen LogP contribution in [0.25, 0.3) is 0 Å². The average molecular weight is 327 g/mol. The van der Waals surface area contributed by atoms with E-state index in [4.69, 9.17) is 0 Å². The van der Waals surface area contributed by atoms with Gasteiger partial charge in [0.25, 0.3) is 0 Å². The number of aliphatic imine (C=N–C) groups is 1. The summed E-state index contributed by atoms with van der Waals surface area (Å²) in [6.45, 7) is 1.11. The molecule has 0 unspecified atom stereocenters. The molecule has 5 heteroatoms. The first kappa shape index (κ1) is 15.3. The SMILES string of the molecule is Oc1ccccc1C=[N+]CC[N+]([Co])=Cc1ccccc1O. The monoisotopic (exact) mass is 327 g/mol. The molecule has 0 bridgehead atoms. The second kappa shape index (κ2) is 7.61. The molecule has 0 heterocycles. The van der Waals surface area contributed by atoms with Gasteiger partial charge in [-0.15, -0.1) is 0 Å². The summed E-state index contributed by atoms with van der Waals surface area (Å²) < 4.78 is 1.66. The van der Waals surface area contributed by atoms with Crippen molar-refractivity contribution in [3.8, 4) is 11.5 Å². The van der Waals surface area contributed by atoms with Crippen molar-refractivity contribution in [3.05, 3.63) is 59.7 Å². The second-order valence-corrected chi connectivity index (χ2v) is 4.98. The third kappa shape index (κ3) is 4.73. The molecular formula is C16H16CoN2O2+2. The third-order valence-electron chi connectivity index (χ3n) is 2.81. The van der Waals surface area contributed by atoms with Gasteiger partial charge in [0, 0.05) is 0 Å². The summed E-state index contributed by atoms with van der Waals surface area (Å²) in [4.78, 5) is 4.25. The zero-order valence-electron chi connectivity index (χ0n) is 11.3. The maximum absolute atomic E-state index is 9.66. The minimum absolute atomic E-state index is 0.212. The molecule has 2 rings (SSSR count). The van der Waals surface area contributed by atoms with E-state index >= 15 is 0 Å². The Morgan fingerprint density at radius 1 is 0.952 bits per heavy atom. The van der Waals surface area contributed by atoms with Crippen LogP contribution in [0.15, 0.2) is 48.5 Å². The molecule has 1 radical (unpaired) electrons. The maximum atomic E-state index is 9.66. The molecule has 0 saturated carbocycles. The zero-order chi connectivity index (χ0) is 15.1. The summed E-state index contributed by atoms with van der Waals surface area (Å²) in [5.41, 5.74) is 1.39. The minimum atomic E-state index is 0.212. The molecule has 109 valence electrons. The van der Waals surface area contributed by atoms with Gasteiger partial charge in [0.05, 0.1) is 0 Å². The Labute approximate surface area is 131 Å². The van der Waals surface area contributed by atoms with Crippen LogP contribution in [0, 0.1) is 0 Å². The Balaban J connectivity index is 1.92. The molecule has 0 aliphatic carbocycles. The van der Waals surface area contributed by atoms with Crippen molar-refractivity contribution < 1.29 is 29.8 Å². The molecule has 0 saturated heterocycles. The van der Waals surface area contributed by atoms with Gasteiger partial charge in [0.2, 0.25) is 0 Å². The Morgan fingerprint density at radius 3 is 2.14 bits per heavy atom. The number of benzene rings is 2. The van der Waals surface area contributed by atoms with E-state index in [1.54, 1.807) is 46.4 Å². The Kier molecular flexibility index (Phi) is 5.54. The molecule has 0 spiro atoms. The standard InChI is InChI=1S/C16H16N2O2.Co/c19-15-7-3-1-5-13(15)11-17-9-10-18-12-14-6-2-4-8-16(14)20;/h1-8,11-12,19-20H,9-10H2;/q2*+1. The van der Waals surface area contributed by atoms with Crippen molar-refractivity contribution in [1.82, 2.24) is 4.99 Å². The molecule has 0 fully saturated rings. The number of hydrogen-bond donors (Lipinski definition) is 2. The number of phenols is 2. The van der Waals surface area contributed by atoms with E-state index in [-0.39, 0.29) is 11.5 Å². The fourth-order valence-electron chi connectivity index (χ4n) is 1.71. The zero-order valence-corrected chi connectivity index (χ0v) is 12.4. The van der Waals surface area contributed by atoms with Crippen molar-refractivity contribution in [1.29, 1.82) is 0 Å². The first-order valence-electron chi connectivity index (χ1n) is 6.48. The predicted molar refractivity (Wildman–Crippen MR) is 78.7 cm³/mol. The van der Waals surface area contributed by atoms with Crippen molar-refractivity contribution in [2.45, 2.75) is 0 Å². The van der Waals surface area contributed by atoms with Crippen LogP contribution in [0.5, 0.6) is 11.5 Å². The van der Waals surface area contributed by atoms with E-state index in [1.807, 2.05) is 18.2 Å². The number of nitrogens with zero attached hydrogens (tertiary/aromatic N) is 2. The van der Waals surface area contributed by atoms with Crippen molar-refractivity contribution in [2.75, 3.05) is 13.1 Å². The van der Waals surface area contributed by atoms with Crippen molar-refractivity contribution in [3.63, 3.8) is 0 Å². The van der Waals surface area contributed by atoms with Gasteiger partial charge in [-0.25, -0.2) is 0 Å². The Bertz CT molecular complexity index is 669. The van der Waals surface area contributed by atoms with Crippen LogP contribution in [0.1, 0.15) is 11.1 Å². The predicted octanol–water partition coefficient (Wildman–Crippen LogP) is 1.45. The van der Waals surface area contributed by atoms with Gasteiger partial charge >= 0.3 is 131 Å². The molecule has 0 atom stereocenters. The molecule has 0 aliphatic rings. The fraction of sp³-hybridized carbons (Fsp3) is 0.125. The summed E-state index contributed by atoms with van der Waals surface area (Å²) in [5, 5.41) is 19.3. The first-order chi connectivity index (χ1) is 10.2. The molecule has 2 N–H and O–H groups in total. The van der Waals surface area contributed by atoms with Crippen LogP contribution >= 0.6 is 0 Å². The van der Waals surface area contributed by atoms with E-state index < -0.39 is 0 Å². The van der Waals surface area contributed by atoms with Crippen molar-refractivity contribution >= 4 is 12.4 Å². The van der Waals surface area contributed by atoms with Crippen LogP contribution in [0.3, 0.4) is 0 Å². The van der Waals surface area contributed by atoms with Gasteiger partial charge in [-0.05, 0) is 0 Å². The summed E-state index contributed by atoms with van der Waals surface area (Å²) in [7, 11) is 0. The summed E-state index contributed by atoms with van der Waals surface area (Å²) >= 11 is 4.37. The van der Waals surface area contributed by atoms with Crippen LogP contribution < -0.4 is 4.99 Å². The quantitative estimate of drug-likeness (QED) is 0.817. The molecule has 0 aromatic heterocycles. The Hall–Kier alpha value is -2.11. The van der Waals surface area contributed by atoms with E-state index in [0.717, 1.165) is 0 Å². The van der Waals surface area contributed by atoms with Crippen LogP contribution in [-0.4, -0.2) is 39.4 Å². The van der Waals surface area contributed by atoms with Gasteiger partial charge in [-0.3, -0.25) is 0 Å². The van der Waals surface area contributed by atoms with Gasteiger partial charge in [-0.1, -0.05) is 0 Å². The Morgan fingerprint density at radius 2 is 1.52 bits per heavy atom. The summed E-state index contributed by atoms with van der Waals surface area (Å²) in [6, 6.07) is 14.1. The van der Waals surface area contributed by atoms with Gasteiger partial charge < -0.3 is 0 Å². The molecule has 2 aromatic carbocycles. The summed E-state index contributed by atoms with van der Waals surface area (Å²) in [6.07, 6.45) is 3.38. The molecule has 0 aliphatic heterocycles. The normalized spacial score (nSPS) is 12.0. The van der Waals surface area contributed by atoms with Crippen LogP contribution in [0.4, 0.5) is 0 Å².